The molecule has 0 saturated heterocycles. The number of anilines is 1. The smallest absolute Gasteiger partial charge is 0.222 e. The van der Waals surface area contributed by atoms with Crippen molar-refractivity contribution < 1.29 is 9.21 Å². The van der Waals surface area contributed by atoms with Crippen molar-refractivity contribution in [1.82, 2.24) is 4.98 Å². The Balaban J connectivity index is 2.59. The molecule has 0 aliphatic carbocycles. The molecular weight excluding hydrogens is 206 g/mol. The van der Waals surface area contributed by atoms with Gasteiger partial charge < -0.3 is 15.1 Å². The van der Waals surface area contributed by atoms with Gasteiger partial charge in [0.15, 0.2) is 0 Å². The zero-order valence-corrected chi connectivity index (χ0v) is 9.23. The van der Waals surface area contributed by atoms with Crippen molar-refractivity contribution in [3.05, 3.63) is 24.1 Å². The van der Waals surface area contributed by atoms with E-state index in [4.69, 9.17) is 10.2 Å². The molecule has 0 bridgehead atoms. The Hall–Kier alpha value is -2.04. The summed E-state index contributed by atoms with van der Waals surface area (Å²) in [6.07, 6.45) is 3.36. The van der Waals surface area contributed by atoms with Crippen LogP contribution in [-0.2, 0) is 11.2 Å². The summed E-state index contributed by atoms with van der Waals surface area (Å²) in [7, 11) is 3.81. The fraction of sp³-hybridized carbons (Fsp3) is 0.273. The average Bonchev–Trinajstić information content (AvgIpc) is 2.65. The number of carbonyl (C=O) groups is 1. The molecule has 0 aromatic carbocycles. The summed E-state index contributed by atoms with van der Waals surface area (Å²) >= 11 is 0. The first-order valence-electron chi connectivity index (χ1n) is 4.90. The third-order valence-electron chi connectivity index (χ3n) is 2.33. The SMILES string of the molecule is CN(C)c1ncc(CC(N)=O)c2occc12. The molecule has 5 nitrogen and oxygen atoms in total. The van der Waals surface area contributed by atoms with Crippen LogP contribution in [0.4, 0.5) is 5.82 Å². The Morgan fingerprint density at radius 1 is 1.56 bits per heavy atom. The minimum absolute atomic E-state index is 0.144. The van der Waals surface area contributed by atoms with Gasteiger partial charge in [0, 0.05) is 25.9 Å². The number of amides is 1. The molecule has 0 aliphatic heterocycles. The number of carbonyl (C=O) groups excluding carboxylic acids is 1. The predicted octanol–water partition coefficient (Wildman–Crippen LogP) is 0.922. The lowest BCUT2D eigenvalue weighted by molar-refractivity contribution is -0.117. The number of pyridine rings is 1. The van der Waals surface area contributed by atoms with Gasteiger partial charge in [-0.25, -0.2) is 4.98 Å². The van der Waals surface area contributed by atoms with E-state index in [9.17, 15) is 4.79 Å². The van der Waals surface area contributed by atoms with Crippen LogP contribution in [0.1, 0.15) is 5.56 Å². The summed E-state index contributed by atoms with van der Waals surface area (Å²) in [6, 6.07) is 1.84. The first-order chi connectivity index (χ1) is 7.59. The van der Waals surface area contributed by atoms with Gasteiger partial charge in [0.25, 0.3) is 0 Å². The van der Waals surface area contributed by atoms with Crippen LogP contribution in [0, 0.1) is 0 Å². The average molecular weight is 219 g/mol. The van der Waals surface area contributed by atoms with Crippen LogP contribution in [0.3, 0.4) is 0 Å². The van der Waals surface area contributed by atoms with E-state index in [-0.39, 0.29) is 6.42 Å². The molecule has 84 valence electrons. The maximum atomic E-state index is 10.9. The highest BCUT2D eigenvalue weighted by atomic mass is 16.3. The van der Waals surface area contributed by atoms with E-state index in [1.165, 1.54) is 0 Å². The number of nitrogens with zero attached hydrogens (tertiary/aromatic N) is 2. The molecule has 0 unspecified atom stereocenters. The topological polar surface area (TPSA) is 72.4 Å². The van der Waals surface area contributed by atoms with E-state index in [2.05, 4.69) is 4.98 Å². The van der Waals surface area contributed by atoms with Crippen LogP contribution in [-0.4, -0.2) is 25.0 Å². The largest absolute Gasteiger partial charge is 0.464 e. The number of furan rings is 1. The fourth-order valence-electron chi connectivity index (χ4n) is 1.67. The highest BCUT2D eigenvalue weighted by Gasteiger charge is 2.12. The molecule has 0 spiro atoms. The maximum Gasteiger partial charge on any atom is 0.222 e. The van der Waals surface area contributed by atoms with Crippen molar-refractivity contribution >= 4 is 22.7 Å². The fourth-order valence-corrected chi connectivity index (χ4v) is 1.67. The van der Waals surface area contributed by atoms with E-state index >= 15 is 0 Å². The quantitative estimate of drug-likeness (QED) is 0.833. The molecule has 0 aliphatic rings. The summed E-state index contributed by atoms with van der Waals surface area (Å²) in [5, 5.41) is 0.892. The van der Waals surface area contributed by atoms with Crippen molar-refractivity contribution in [3.8, 4) is 0 Å². The number of hydrogen-bond donors (Lipinski definition) is 1. The second kappa shape index (κ2) is 3.84. The van der Waals surface area contributed by atoms with E-state index < -0.39 is 5.91 Å². The first kappa shape index (κ1) is 10.5. The Morgan fingerprint density at radius 3 is 2.94 bits per heavy atom. The number of hydrogen-bond acceptors (Lipinski definition) is 4. The minimum Gasteiger partial charge on any atom is -0.464 e. The first-order valence-corrected chi connectivity index (χ1v) is 4.90. The molecule has 0 saturated carbocycles. The molecule has 2 N–H and O–H groups in total. The third kappa shape index (κ3) is 1.71. The maximum absolute atomic E-state index is 10.9. The molecule has 2 aromatic heterocycles. The monoisotopic (exact) mass is 219 g/mol. The highest BCUT2D eigenvalue weighted by molar-refractivity contribution is 5.92. The van der Waals surface area contributed by atoms with Crippen LogP contribution in [0.15, 0.2) is 22.9 Å². The van der Waals surface area contributed by atoms with E-state index in [1.807, 2.05) is 25.1 Å². The van der Waals surface area contributed by atoms with Gasteiger partial charge in [-0.2, -0.15) is 0 Å². The number of aromatic nitrogens is 1. The summed E-state index contributed by atoms with van der Waals surface area (Å²) in [4.78, 5) is 17.1. The van der Waals surface area contributed by atoms with Gasteiger partial charge >= 0.3 is 0 Å². The lowest BCUT2D eigenvalue weighted by Crippen LogP contribution is -2.15. The van der Waals surface area contributed by atoms with Crippen LogP contribution < -0.4 is 10.6 Å². The second-order valence-corrected chi connectivity index (χ2v) is 3.81. The normalized spacial score (nSPS) is 10.6. The lowest BCUT2D eigenvalue weighted by atomic mass is 10.1. The van der Waals surface area contributed by atoms with Crippen LogP contribution in [0.5, 0.6) is 0 Å². The minimum atomic E-state index is -0.392. The van der Waals surface area contributed by atoms with Crippen LogP contribution >= 0.6 is 0 Å². The van der Waals surface area contributed by atoms with Crippen LogP contribution in [0.2, 0.25) is 0 Å². The number of rotatable bonds is 3. The summed E-state index contributed by atoms with van der Waals surface area (Å²) < 4.78 is 5.37. The molecule has 0 atom stereocenters. The Bertz CT molecular complexity index is 531. The van der Waals surface area contributed by atoms with Crippen molar-refractivity contribution in [3.63, 3.8) is 0 Å². The zero-order chi connectivity index (χ0) is 11.7. The van der Waals surface area contributed by atoms with Gasteiger partial charge in [0.2, 0.25) is 5.91 Å². The second-order valence-electron chi connectivity index (χ2n) is 3.81. The number of primary amides is 1. The van der Waals surface area contributed by atoms with Crippen molar-refractivity contribution in [1.29, 1.82) is 0 Å². The Kier molecular flexibility index (Phi) is 2.52. The zero-order valence-electron chi connectivity index (χ0n) is 9.23. The molecule has 0 radical (unpaired) electrons. The molecule has 2 aromatic rings. The molecule has 16 heavy (non-hydrogen) atoms. The number of fused-ring (bicyclic) bond motifs is 1. The number of nitrogens with two attached hydrogens (primary N) is 1. The van der Waals surface area contributed by atoms with Crippen molar-refractivity contribution in [2.75, 3.05) is 19.0 Å². The lowest BCUT2D eigenvalue weighted by Gasteiger charge is -2.12. The van der Waals surface area contributed by atoms with Crippen LogP contribution in [0.25, 0.3) is 11.0 Å². The van der Waals surface area contributed by atoms with E-state index in [0.29, 0.717) is 5.58 Å². The van der Waals surface area contributed by atoms with E-state index in [0.717, 1.165) is 16.8 Å². The van der Waals surface area contributed by atoms with E-state index in [1.54, 1.807) is 12.5 Å². The van der Waals surface area contributed by atoms with Crippen molar-refractivity contribution in [2.24, 2.45) is 5.73 Å². The standard InChI is InChI=1S/C11H13N3O2/c1-14(2)11-8-3-4-16-10(8)7(6-13-11)5-9(12)15/h3-4,6H,5H2,1-2H3,(H2,12,15). The summed E-state index contributed by atoms with van der Waals surface area (Å²) in [6.45, 7) is 0. The summed E-state index contributed by atoms with van der Waals surface area (Å²) in [5.41, 5.74) is 6.56. The molecule has 2 rings (SSSR count). The molecule has 5 heteroatoms. The van der Waals surface area contributed by atoms with Gasteiger partial charge in [-0.15, -0.1) is 0 Å². The predicted molar refractivity (Wildman–Crippen MR) is 61.2 cm³/mol. The summed E-state index contributed by atoms with van der Waals surface area (Å²) in [5.74, 6) is 0.425. The van der Waals surface area contributed by atoms with Gasteiger partial charge in [-0.05, 0) is 6.07 Å². The van der Waals surface area contributed by atoms with Gasteiger partial charge in [-0.1, -0.05) is 0 Å². The Morgan fingerprint density at radius 2 is 2.31 bits per heavy atom. The molecular formula is C11H13N3O2. The van der Waals surface area contributed by atoms with Gasteiger partial charge in [-0.3, -0.25) is 4.79 Å². The molecule has 1 amide bonds. The van der Waals surface area contributed by atoms with Gasteiger partial charge in [0.05, 0.1) is 18.1 Å². The van der Waals surface area contributed by atoms with Gasteiger partial charge in [0.1, 0.15) is 11.4 Å². The molecule has 2 heterocycles. The Labute approximate surface area is 92.8 Å². The highest BCUT2D eigenvalue weighted by Crippen LogP contribution is 2.27. The third-order valence-corrected chi connectivity index (χ3v) is 2.33. The van der Waals surface area contributed by atoms with Crippen molar-refractivity contribution in [2.45, 2.75) is 6.42 Å². The molecule has 0 fully saturated rings.